The second-order valence-electron chi connectivity index (χ2n) is 3.95. The van der Waals surface area contributed by atoms with Gasteiger partial charge in [0.2, 0.25) is 0 Å². The van der Waals surface area contributed by atoms with Gasteiger partial charge in [-0.2, -0.15) is 0 Å². The van der Waals surface area contributed by atoms with Crippen LogP contribution in [0.4, 0.5) is 0 Å². The number of carbonyl (C=O) groups excluding carboxylic acids is 1. The molecule has 0 aliphatic heterocycles. The second-order valence-corrected chi connectivity index (χ2v) is 3.95. The molecule has 0 spiro atoms. The summed E-state index contributed by atoms with van der Waals surface area (Å²) in [6.45, 7) is 2.91. The number of hydrogen-bond acceptors (Lipinski definition) is 5. The number of azide groups is 1. The first-order chi connectivity index (χ1) is 8.18. The molecule has 7 nitrogen and oxygen atoms in total. The minimum absolute atomic E-state index is 0.0892. The van der Waals surface area contributed by atoms with Crippen molar-refractivity contribution in [1.82, 2.24) is 5.32 Å². The summed E-state index contributed by atoms with van der Waals surface area (Å²) in [5, 5.41) is 6.51. The number of esters is 1. The Morgan fingerprint density at radius 3 is 2.88 bits per heavy atom. The summed E-state index contributed by atoms with van der Waals surface area (Å²) in [6.07, 6.45) is 1.28. The fourth-order valence-corrected chi connectivity index (χ4v) is 1.93. The van der Waals surface area contributed by atoms with E-state index in [1.54, 1.807) is 14.0 Å². The summed E-state index contributed by atoms with van der Waals surface area (Å²) in [4.78, 5) is 14.5. The zero-order valence-corrected chi connectivity index (χ0v) is 10.2. The van der Waals surface area contributed by atoms with Crippen LogP contribution >= 0.6 is 0 Å². The lowest BCUT2D eigenvalue weighted by Crippen LogP contribution is -2.64. The van der Waals surface area contributed by atoms with Gasteiger partial charge in [-0.3, -0.25) is 4.79 Å². The van der Waals surface area contributed by atoms with Crippen molar-refractivity contribution in [1.29, 1.82) is 0 Å². The monoisotopic (exact) mass is 242 g/mol. The molecule has 7 heteroatoms. The predicted octanol–water partition coefficient (Wildman–Crippen LogP) is 0.997. The number of rotatable bonds is 7. The van der Waals surface area contributed by atoms with Crippen molar-refractivity contribution in [2.24, 2.45) is 5.11 Å². The molecule has 0 radical (unpaired) electrons. The van der Waals surface area contributed by atoms with E-state index in [0.717, 1.165) is 0 Å². The van der Waals surface area contributed by atoms with Gasteiger partial charge in [0.05, 0.1) is 12.7 Å². The van der Waals surface area contributed by atoms with Crippen molar-refractivity contribution in [3.05, 3.63) is 10.4 Å². The van der Waals surface area contributed by atoms with Crippen LogP contribution in [0.15, 0.2) is 5.11 Å². The molecule has 1 saturated carbocycles. The topological polar surface area (TPSA) is 96.3 Å². The Morgan fingerprint density at radius 1 is 1.65 bits per heavy atom. The Morgan fingerprint density at radius 2 is 2.35 bits per heavy atom. The number of nitrogens with zero attached hydrogens (tertiary/aromatic N) is 3. The lowest BCUT2D eigenvalue weighted by molar-refractivity contribution is -0.162. The SMILES string of the molecule is CCOC(=O)C1(NCCN=[N+]=[N-])CC(OC)C1. The standard InChI is InChI=1S/C10H18N4O3/c1-3-17-9(15)10(6-8(7-10)16-2)12-4-5-13-14-11/h8,12H,3-7H2,1-2H3. The molecule has 0 saturated heterocycles. The molecule has 0 aromatic heterocycles. The number of methoxy groups -OCH3 is 1. The Bertz CT molecular complexity index is 309. The molecule has 0 atom stereocenters. The van der Waals surface area contributed by atoms with Crippen molar-refractivity contribution in [3.63, 3.8) is 0 Å². The third kappa shape index (κ3) is 3.33. The van der Waals surface area contributed by atoms with E-state index >= 15 is 0 Å². The molecule has 0 unspecified atom stereocenters. The molecule has 0 amide bonds. The molecular formula is C10H18N4O3. The van der Waals surface area contributed by atoms with Gasteiger partial charge in [-0.05, 0) is 12.5 Å². The smallest absolute Gasteiger partial charge is 0.326 e. The minimum atomic E-state index is -0.665. The highest BCUT2D eigenvalue weighted by Gasteiger charge is 2.51. The summed E-state index contributed by atoms with van der Waals surface area (Å²) in [5.74, 6) is -0.255. The van der Waals surface area contributed by atoms with E-state index in [2.05, 4.69) is 15.3 Å². The molecule has 1 fully saturated rings. The van der Waals surface area contributed by atoms with Gasteiger partial charge in [0.15, 0.2) is 0 Å². The first-order valence-electron chi connectivity index (χ1n) is 5.64. The van der Waals surface area contributed by atoms with Crippen LogP contribution in [0.1, 0.15) is 19.8 Å². The summed E-state index contributed by atoms with van der Waals surface area (Å²) in [6, 6.07) is 0. The van der Waals surface area contributed by atoms with Crippen LogP contribution in [0.2, 0.25) is 0 Å². The van der Waals surface area contributed by atoms with Crippen LogP contribution in [0.3, 0.4) is 0 Å². The molecule has 1 aliphatic carbocycles. The van der Waals surface area contributed by atoms with Crippen LogP contribution in [-0.4, -0.2) is 44.4 Å². The molecule has 96 valence electrons. The normalized spacial score (nSPS) is 26.8. The number of ether oxygens (including phenoxy) is 2. The predicted molar refractivity (Wildman–Crippen MR) is 61.4 cm³/mol. The maximum atomic E-state index is 11.8. The molecule has 1 N–H and O–H groups in total. The summed E-state index contributed by atoms with van der Waals surface area (Å²) < 4.78 is 10.2. The molecule has 0 aromatic carbocycles. The molecule has 0 bridgehead atoms. The molecule has 1 rings (SSSR count). The van der Waals surface area contributed by atoms with Gasteiger partial charge in [-0.1, -0.05) is 5.11 Å². The Balaban J connectivity index is 2.49. The van der Waals surface area contributed by atoms with E-state index < -0.39 is 5.54 Å². The van der Waals surface area contributed by atoms with E-state index in [-0.39, 0.29) is 12.1 Å². The fourth-order valence-electron chi connectivity index (χ4n) is 1.93. The minimum Gasteiger partial charge on any atom is -0.465 e. The van der Waals surface area contributed by atoms with Crippen molar-refractivity contribution in [3.8, 4) is 0 Å². The van der Waals surface area contributed by atoms with Crippen LogP contribution in [0.25, 0.3) is 10.4 Å². The van der Waals surface area contributed by atoms with Crippen molar-refractivity contribution < 1.29 is 14.3 Å². The fraction of sp³-hybridized carbons (Fsp3) is 0.900. The Hall–Kier alpha value is -1.30. The molecule has 17 heavy (non-hydrogen) atoms. The van der Waals surface area contributed by atoms with Crippen molar-refractivity contribution >= 4 is 5.97 Å². The maximum Gasteiger partial charge on any atom is 0.326 e. The zero-order valence-electron chi connectivity index (χ0n) is 10.2. The lowest BCUT2D eigenvalue weighted by Gasteiger charge is -2.45. The Labute approximate surface area is 100 Å². The summed E-state index contributed by atoms with van der Waals surface area (Å²) >= 11 is 0. The highest BCUT2D eigenvalue weighted by atomic mass is 16.5. The van der Waals surface area contributed by atoms with Gasteiger partial charge < -0.3 is 14.8 Å². The van der Waals surface area contributed by atoms with Crippen LogP contribution in [0, 0.1) is 0 Å². The van der Waals surface area contributed by atoms with Gasteiger partial charge in [0, 0.05) is 38.0 Å². The van der Waals surface area contributed by atoms with Crippen molar-refractivity contribution in [2.75, 3.05) is 26.8 Å². The van der Waals surface area contributed by atoms with E-state index in [4.69, 9.17) is 15.0 Å². The average Bonchev–Trinajstić information content (AvgIpc) is 2.27. The highest BCUT2D eigenvalue weighted by molar-refractivity contribution is 5.82. The van der Waals surface area contributed by atoms with Crippen LogP contribution in [-0.2, 0) is 14.3 Å². The van der Waals surface area contributed by atoms with Crippen LogP contribution in [0.5, 0.6) is 0 Å². The van der Waals surface area contributed by atoms with Gasteiger partial charge in [0.25, 0.3) is 0 Å². The molecular weight excluding hydrogens is 224 g/mol. The van der Waals surface area contributed by atoms with E-state index in [1.807, 2.05) is 0 Å². The van der Waals surface area contributed by atoms with Gasteiger partial charge in [0.1, 0.15) is 5.54 Å². The number of carbonyl (C=O) groups is 1. The lowest BCUT2D eigenvalue weighted by atomic mass is 9.74. The number of nitrogens with one attached hydrogen (secondary N) is 1. The summed E-state index contributed by atoms with van der Waals surface area (Å²) in [7, 11) is 1.62. The highest BCUT2D eigenvalue weighted by Crippen LogP contribution is 2.35. The van der Waals surface area contributed by atoms with Gasteiger partial charge in [-0.25, -0.2) is 0 Å². The quantitative estimate of drug-likeness (QED) is 0.237. The average molecular weight is 242 g/mol. The maximum absolute atomic E-state index is 11.8. The van der Waals surface area contributed by atoms with Crippen molar-refractivity contribution in [2.45, 2.75) is 31.4 Å². The molecule has 1 aliphatic rings. The number of hydrogen-bond donors (Lipinski definition) is 1. The molecule has 0 heterocycles. The third-order valence-corrected chi connectivity index (χ3v) is 2.89. The van der Waals surface area contributed by atoms with Crippen LogP contribution < -0.4 is 5.32 Å². The first kappa shape index (κ1) is 13.8. The summed E-state index contributed by atoms with van der Waals surface area (Å²) in [5.41, 5.74) is 7.49. The van der Waals surface area contributed by atoms with E-state index in [1.165, 1.54) is 0 Å². The third-order valence-electron chi connectivity index (χ3n) is 2.89. The van der Waals surface area contributed by atoms with E-state index in [9.17, 15) is 4.79 Å². The molecule has 0 aromatic rings. The largest absolute Gasteiger partial charge is 0.465 e. The van der Waals surface area contributed by atoms with Gasteiger partial charge >= 0.3 is 5.97 Å². The van der Waals surface area contributed by atoms with Gasteiger partial charge in [-0.15, -0.1) is 0 Å². The zero-order chi connectivity index (χ0) is 12.7. The first-order valence-corrected chi connectivity index (χ1v) is 5.64. The Kier molecular flexibility index (Phi) is 5.21. The second kappa shape index (κ2) is 6.44. The van der Waals surface area contributed by atoms with E-state index in [0.29, 0.717) is 32.5 Å².